The van der Waals surface area contributed by atoms with Crippen molar-refractivity contribution in [3.05, 3.63) is 24.3 Å². The van der Waals surface area contributed by atoms with Crippen molar-refractivity contribution < 1.29 is 10.2 Å². The van der Waals surface area contributed by atoms with Crippen LogP contribution in [0.15, 0.2) is 24.3 Å². The molecule has 0 atom stereocenters. The molecule has 0 radical (unpaired) electrons. The van der Waals surface area contributed by atoms with Gasteiger partial charge < -0.3 is 10.2 Å². The van der Waals surface area contributed by atoms with E-state index in [9.17, 15) is 0 Å². The zero-order valence-corrected chi connectivity index (χ0v) is 4.20. The number of rotatable bonds is 0. The van der Waals surface area contributed by atoms with E-state index in [1.165, 1.54) is 12.1 Å². The van der Waals surface area contributed by atoms with Gasteiger partial charge in [-0.05, 0) is 12.1 Å². The maximum atomic E-state index is 8.67. The van der Waals surface area contributed by atoms with Gasteiger partial charge >= 0.3 is 0 Å². The van der Waals surface area contributed by atoms with Crippen molar-refractivity contribution in [3.63, 3.8) is 0 Å². The Morgan fingerprint density at radius 3 is 1.50 bits per heavy atom. The standard InChI is InChI=1S/C6H6O2/c7-5-3-1-2-4-6(5)8/h1-4,7-8H/i1+2,2+2,3+2,4+2,5+2,6+2. The van der Waals surface area contributed by atoms with Crippen LogP contribution in [-0.4, -0.2) is 10.2 Å². The molecule has 0 fully saturated rings. The lowest BCUT2D eigenvalue weighted by molar-refractivity contribution is 0.404. The molecule has 0 spiro atoms. The van der Waals surface area contributed by atoms with Crippen molar-refractivity contribution >= 4 is 0 Å². The number of benzene rings is 1. The van der Waals surface area contributed by atoms with Crippen LogP contribution in [-0.2, 0) is 0 Å². The van der Waals surface area contributed by atoms with Crippen LogP contribution in [0.25, 0.3) is 0 Å². The zero-order chi connectivity index (χ0) is 5.98. The maximum absolute atomic E-state index is 8.67. The molecule has 2 N–H and O–H groups in total. The molecule has 0 saturated heterocycles. The van der Waals surface area contributed by atoms with Crippen LogP contribution in [0.3, 0.4) is 0 Å². The summed E-state index contributed by atoms with van der Waals surface area (Å²) in [6.45, 7) is 0. The summed E-state index contributed by atoms with van der Waals surface area (Å²) in [4.78, 5) is 0. The molecular weight excluding hydrogens is 116 g/mol. The average Bonchev–Trinajstić information content (AvgIpc) is 1.77. The van der Waals surface area contributed by atoms with Crippen molar-refractivity contribution in [2.24, 2.45) is 0 Å². The van der Waals surface area contributed by atoms with Crippen LogP contribution in [0.4, 0.5) is 0 Å². The lowest BCUT2D eigenvalue weighted by atomic mass is 12.3. The fraction of sp³-hybridized carbons (Fsp3) is 0. The Morgan fingerprint density at radius 1 is 0.875 bits per heavy atom. The molecule has 1 aromatic carbocycles. The molecule has 0 aromatic heterocycles. The van der Waals surface area contributed by atoms with Crippen molar-refractivity contribution in [2.45, 2.75) is 0 Å². The maximum Gasteiger partial charge on any atom is 0.157 e. The van der Waals surface area contributed by atoms with Gasteiger partial charge in [-0.1, -0.05) is 12.1 Å². The number of aromatic hydroxyl groups is 2. The molecule has 2 nitrogen and oxygen atoms in total. The first-order valence-corrected chi connectivity index (χ1v) is 2.27. The monoisotopic (exact) mass is 122 g/mol. The van der Waals surface area contributed by atoms with Crippen molar-refractivity contribution in [1.29, 1.82) is 0 Å². The minimum Gasteiger partial charge on any atom is -0.504 e. The molecule has 0 aliphatic carbocycles. The third-order valence-electron chi connectivity index (χ3n) is 0.882. The lowest BCUT2D eigenvalue weighted by Gasteiger charge is -1.91. The summed E-state index contributed by atoms with van der Waals surface area (Å²) < 4.78 is 0. The van der Waals surface area contributed by atoms with Gasteiger partial charge in [-0.2, -0.15) is 0 Å². The SMILES string of the molecule is O[14c]1[14cH][14cH][14cH][14cH][14c]1O. The van der Waals surface area contributed by atoms with Crippen LogP contribution in [0, 0.1) is 0 Å². The van der Waals surface area contributed by atoms with Crippen LogP contribution < -0.4 is 0 Å². The molecule has 42 valence electrons. The van der Waals surface area contributed by atoms with E-state index in [-0.39, 0.29) is 11.5 Å². The molecule has 0 bridgehead atoms. The van der Waals surface area contributed by atoms with Gasteiger partial charge in [0.15, 0.2) is 11.5 Å². The van der Waals surface area contributed by atoms with Crippen molar-refractivity contribution in [2.75, 3.05) is 0 Å². The van der Waals surface area contributed by atoms with E-state index >= 15 is 0 Å². The fourth-order valence-electron chi connectivity index (χ4n) is 0.464. The summed E-state index contributed by atoms with van der Waals surface area (Å²) in [5, 5.41) is 17.3. The molecule has 0 saturated carbocycles. The number of phenolic OH excluding ortho intramolecular Hbond substituents is 2. The highest BCUT2D eigenvalue weighted by atomic mass is 16.7. The summed E-state index contributed by atoms with van der Waals surface area (Å²) in [5.41, 5.74) is 0. The normalized spacial score (nSPS) is 9.00. The van der Waals surface area contributed by atoms with Gasteiger partial charge in [0.05, 0.1) is 0 Å². The summed E-state index contributed by atoms with van der Waals surface area (Å²) in [7, 11) is 0. The van der Waals surface area contributed by atoms with Gasteiger partial charge in [0.2, 0.25) is 0 Å². The van der Waals surface area contributed by atoms with E-state index in [4.69, 9.17) is 10.2 Å². The number of para-hydroxylation sites is 2. The summed E-state index contributed by atoms with van der Waals surface area (Å²) in [6, 6.07) is 6.15. The highest BCUT2D eigenvalue weighted by molar-refractivity contribution is 5.36. The first-order chi connectivity index (χ1) is 3.80. The van der Waals surface area contributed by atoms with Crippen molar-refractivity contribution in [1.82, 2.24) is 0 Å². The van der Waals surface area contributed by atoms with Gasteiger partial charge in [-0.15, -0.1) is 0 Å². The van der Waals surface area contributed by atoms with E-state index in [2.05, 4.69) is 0 Å². The van der Waals surface area contributed by atoms with Gasteiger partial charge in [0.25, 0.3) is 0 Å². The van der Waals surface area contributed by atoms with Crippen LogP contribution in [0.2, 0.25) is 0 Å². The summed E-state index contributed by atoms with van der Waals surface area (Å²) in [5.74, 6) is -0.153. The second-order valence-corrected chi connectivity index (χ2v) is 1.49. The Balaban J connectivity index is 3.13. The molecule has 1 rings (SSSR count). The molecular formula is C6H6O2. The minimum atomic E-state index is -0.0764. The van der Waals surface area contributed by atoms with Gasteiger partial charge in [-0.25, -0.2) is 0 Å². The molecule has 0 amide bonds. The molecule has 1 aromatic rings. The van der Waals surface area contributed by atoms with Crippen LogP contribution >= 0.6 is 0 Å². The minimum absolute atomic E-state index is 0.0764. The van der Waals surface area contributed by atoms with E-state index in [0.29, 0.717) is 0 Å². The van der Waals surface area contributed by atoms with Crippen LogP contribution in [0.5, 0.6) is 11.5 Å². The Labute approximate surface area is 47.0 Å². The topological polar surface area (TPSA) is 40.5 Å². The molecule has 0 heterocycles. The summed E-state index contributed by atoms with van der Waals surface area (Å²) in [6.07, 6.45) is 0. The third kappa shape index (κ3) is 0.729. The predicted octanol–water partition coefficient (Wildman–Crippen LogP) is 1.10. The Morgan fingerprint density at radius 2 is 1.25 bits per heavy atom. The summed E-state index contributed by atoms with van der Waals surface area (Å²) >= 11 is 0. The Hall–Kier alpha value is -1.18. The number of hydrogen-bond donors (Lipinski definition) is 2. The fourth-order valence-corrected chi connectivity index (χ4v) is 0.464. The number of phenols is 2. The Bertz CT molecular complexity index is 163. The Kier molecular flexibility index (Phi) is 1.08. The molecule has 0 aliphatic rings. The largest absolute Gasteiger partial charge is 0.504 e. The van der Waals surface area contributed by atoms with Gasteiger partial charge in [0.1, 0.15) is 0 Å². The van der Waals surface area contributed by atoms with Gasteiger partial charge in [-0.3, -0.25) is 0 Å². The quantitative estimate of drug-likeness (QED) is 0.506. The predicted molar refractivity (Wildman–Crippen MR) is 29.8 cm³/mol. The highest BCUT2D eigenvalue weighted by Gasteiger charge is 1.90. The lowest BCUT2D eigenvalue weighted by Crippen LogP contribution is -1.63. The molecule has 0 aliphatic heterocycles. The molecule has 8 heavy (non-hydrogen) atoms. The van der Waals surface area contributed by atoms with Crippen LogP contribution in [0.1, 0.15) is 0 Å². The van der Waals surface area contributed by atoms with Crippen molar-refractivity contribution in [3.8, 4) is 11.5 Å². The van der Waals surface area contributed by atoms with E-state index < -0.39 is 0 Å². The van der Waals surface area contributed by atoms with Gasteiger partial charge in [0, 0.05) is 0 Å². The average molecular weight is 122 g/mol. The first kappa shape index (κ1) is 4.97. The number of hydrogen-bond acceptors (Lipinski definition) is 2. The smallest absolute Gasteiger partial charge is 0.157 e. The van der Waals surface area contributed by atoms with E-state index in [1.807, 2.05) is 0 Å². The second kappa shape index (κ2) is 1.74. The van der Waals surface area contributed by atoms with E-state index in [1.54, 1.807) is 12.1 Å². The van der Waals surface area contributed by atoms with E-state index in [0.717, 1.165) is 0 Å². The third-order valence-corrected chi connectivity index (χ3v) is 0.882. The molecule has 0 unspecified atom stereocenters. The highest BCUT2D eigenvalue weighted by Crippen LogP contribution is 2.21. The zero-order valence-electron chi connectivity index (χ0n) is 4.20. The molecule has 2 heteroatoms. The first-order valence-electron chi connectivity index (χ1n) is 2.27. The second-order valence-electron chi connectivity index (χ2n) is 1.49.